The fourth-order valence-corrected chi connectivity index (χ4v) is 4.72. The van der Waals surface area contributed by atoms with Gasteiger partial charge < -0.3 is 9.42 Å². The van der Waals surface area contributed by atoms with Gasteiger partial charge in [-0.25, -0.2) is 0 Å². The number of nitrogens with zero attached hydrogens (tertiary/aromatic N) is 4. The Morgan fingerprint density at radius 2 is 1.85 bits per heavy atom. The standard InChI is InChI=1S/C27H22N4O2/c1-30-15-21(14-28-30)24-17-31(16-20-9-5-6-10-22(20)24)27(32)19-11-12-25-23(13-19)26(33-29-25)18-7-3-2-4-8-18/h2-15,24H,16-17H2,1H3. The van der Waals surface area contributed by atoms with Crippen LogP contribution in [0, 0.1) is 0 Å². The second-order valence-electron chi connectivity index (χ2n) is 8.49. The number of hydrogen-bond donors (Lipinski definition) is 0. The lowest BCUT2D eigenvalue weighted by Gasteiger charge is -2.34. The SMILES string of the molecule is Cn1cc(C2CN(C(=O)c3ccc4noc(-c5ccccc5)c4c3)Cc3ccccc32)cn1. The fraction of sp³-hybridized carbons (Fsp3) is 0.148. The van der Waals surface area contributed by atoms with Crippen LogP contribution in [0.1, 0.15) is 33.0 Å². The molecule has 0 saturated heterocycles. The fourth-order valence-electron chi connectivity index (χ4n) is 4.72. The van der Waals surface area contributed by atoms with E-state index in [4.69, 9.17) is 4.52 Å². The summed E-state index contributed by atoms with van der Waals surface area (Å²) in [7, 11) is 1.92. The van der Waals surface area contributed by atoms with Crippen LogP contribution in [0.3, 0.4) is 0 Å². The Morgan fingerprint density at radius 1 is 1.03 bits per heavy atom. The first-order chi connectivity index (χ1) is 16.2. The molecule has 0 fully saturated rings. The van der Waals surface area contributed by atoms with Crippen LogP contribution in [0.5, 0.6) is 0 Å². The highest BCUT2D eigenvalue weighted by atomic mass is 16.5. The minimum Gasteiger partial charge on any atom is -0.355 e. The molecule has 5 aromatic rings. The van der Waals surface area contributed by atoms with Gasteiger partial charge in [-0.1, -0.05) is 59.8 Å². The minimum absolute atomic E-state index is 0.000468. The van der Waals surface area contributed by atoms with Gasteiger partial charge in [-0.05, 0) is 34.9 Å². The van der Waals surface area contributed by atoms with E-state index in [0.29, 0.717) is 24.4 Å². The molecule has 162 valence electrons. The van der Waals surface area contributed by atoms with Crippen molar-refractivity contribution in [2.45, 2.75) is 12.5 Å². The summed E-state index contributed by atoms with van der Waals surface area (Å²) < 4.78 is 7.43. The average molecular weight is 434 g/mol. The predicted molar refractivity (Wildman–Crippen MR) is 126 cm³/mol. The maximum absolute atomic E-state index is 13.7. The maximum atomic E-state index is 13.7. The molecule has 6 nitrogen and oxygen atoms in total. The van der Waals surface area contributed by atoms with E-state index in [9.17, 15) is 4.79 Å². The number of aryl methyl sites for hydroxylation is 1. The molecule has 3 heterocycles. The van der Waals surface area contributed by atoms with E-state index in [1.807, 2.05) is 83.6 Å². The Kier molecular flexibility index (Phi) is 4.57. The van der Waals surface area contributed by atoms with Crippen LogP contribution < -0.4 is 0 Å². The molecule has 1 atom stereocenters. The van der Waals surface area contributed by atoms with E-state index < -0.39 is 0 Å². The number of amides is 1. The van der Waals surface area contributed by atoms with Gasteiger partial charge in [0.15, 0.2) is 5.76 Å². The zero-order valence-corrected chi connectivity index (χ0v) is 18.2. The molecule has 0 radical (unpaired) electrons. The molecule has 3 aromatic carbocycles. The summed E-state index contributed by atoms with van der Waals surface area (Å²) in [5.41, 5.74) is 5.85. The summed E-state index contributed by atoms with van der Waals surface area (Å²) in [4.78, 5) is 15.6. The molecular weight excluding hydrogens is 412 g/mol. The van der Waals surface area contributed by atoms with Crippen molar-refractivity contribution < 1.29 is 9.32 Å². The zero-order valence-electron chi connectivity index (χ0n) is 18.2. The first kappa shape index (κ1) is 19.5. The van der Waals surface area contributed by atoms with E-state index in [1.54, 1.807) is 0 Å². The normalized spacial score (nSPS) is 15.5. The Balaban J connectivity index is 1.37. The summed E-state index contributed by atoms with van der Waals surface area (Å²) in [6.45, 7) is 1.19. The smallest absolute Gasteiger partial charge is 0.254 e. The van der Waals surface area contributed by atoms with Crippen LogP contribution in [0.25, 0.3) is 22.2 Å². The average Bonchev–Trinajstić information content (AvgIpc) is 3.49. The zero-order chi connectivity index (χ0) is 22.4. The third kappa shape index (κ3) is 3.40. The molecule has 6 rings (SSSR count). The highest BCUT2D eigenvalue weighted by molar-refractivity contribution is 6.01. The first-order valence-electron chi connectivity index (χ1n) is 11.0. The highest BCUT2D eigenvalue weighted by Crippen LogP contribution is 2.35. The lowest BCUT2D eigenvalue weighted by atomic mass is 9.86. The maximum Gasteiger partial charge on any atom is 0.254 e. The van der Waals surface area contributed by atoms with E-state index in [1.165, 1.54) is 11.1 Å². The summed E-state index contributed by atoms with van der Waals surface area (Å²) in [6, 6.07) is 23.8. The topological polar surface area (TPSA) is 64.2 Å². The van der Waals surface area contributed by atoms with Crippen molar-refractivity contribution in [1.29, 1.82) is 0 Å². The van der Waals surface area contributed by atoms with Gasteiger partial charge >= 0.3 is 0 Å². The molecule has 0 N–H and O–H groups in total. The van der Waals surface area contributed by atoms with Gasteiger partial charge in [0.2, 0.25) is 0 Å². The predicted octanol–water partition coefficient (Wildman–Crippen LogP) is 5.02. The van der Waals surface area contributed by atoms with E-state index >= 15 is 0 Å². The van der Waals surface area contributed by atoms with Crippen LogP contribution >= 0.6 is 0 Å². The van der Waals surface area contributed by atoms with E-state index in [2.05, 4.69) is 28.5 Å². The van der Waals surface area contributed by atoms with Crippen LogP contribution in [0.2, 0.25) is 0 Å². The molecule has 2 aromatic heterocycles. The molecule has 0 saturated carbocycles. The molecule has 0 aliphatic carbocycles. The molecule has 33 heavy (non-hydrogen) atoms. The Morgan fingerprint density at radius 3 is 2.67 bits per heavy atom. The molecule has 0 bridgehead atoms. The lowest BCUT2D eigenvalue weighted by molar-refractivity contribution is 0.0725. The minimum atomic E-state index is 0.000468. The van der Waals surface area contributed by atoms with Crippen molar-refractivity contribution >= 4 is 16.8 Å². The summed E-state index contributed by atoms with van der Waals surface area (Å²) in [5, 5.41) is 9.38. The molecule has 1 unspecified atom stereocenters. The second kappa shape index (κ2) is 7.74. The first-order valence-corrected chi connectivity index (χ1v) is 11.0. The third-order valence-electron chi connectivity index (χ3n) is 6.37. The molecule has 1 aliphatic rings. The van der Waals surface area contributed by atoms with Gasteiger partial charge in [0.25, 0.3) is 5.91 Å². The van der Waals surface area contributed by atoms with Gasteiger partial charge in [-0.2, -0.15) is 5.10 Å². The Bertz CT molecular complexity index is 1470. The van der Waals surface area contributed by atoms with Crippen LogP contribution in [-0.2, 0) is 13.6 Å². The third-order valence-corrected chi connectivity index (χ3v) is 6.37. The summed E-state index contributed by atoms with van der Waals surface area (Å²) in [5.74, 6) is 0.768. The number of fused-ring (bicyclic) bond motifs is 2. The lowest BCUT2D eigenvalue weighted by Crippen LogP contribution is -2.38. The number of carbonyl (C=O) groups is 1. The van der Waals surface area contributed by atoms with Gasteiger partial charge in [-0.3, -0.25) is 9.48 Å². The van der Waals surface area contributed by atoms with Crippen molar-refractivity contribution in [2.24, 2.45) is 7.05 Å². The van der Waals surface area contributed by atoms with Crippen molar-refractivity contribution in [3.05, 3.63) is 107 Å². The Labute approximate surface area is 191 Å². The number of hydrogen-bond acceptors (Lipinski definition) is 4. The summed E-state index contributed by atoms with van der Waals surface area (Å²) >= 11 is 0. The second-order valence-corrected chi connectivity index (χ2v) is 8.49. The largest absolute Gasteiger partial charge is 0.355 e. The van der Waals surface area contributed by atoms with Gasteiger partial charge in [-0.15, -0.1) is 0 Å². The van der Waals surface area contributed by atoms with E-state index in [0.717, 1.165) is 22.0 Å². The molecule has 1 amide bonds. The van der Waals surface area contributed by atoms with Crippen LogP contribution in [0.15, 0.2) is 89.7 Å². The van der Waals surface area contributed by atoms with Crippen LogP contribution in [0.4, 0.5) is 0 Å². The van der Waals surface area contributed by atoms with E-state index in [-0.39, 0.29) is 11.8 Å². The molecule has 1 aliphatic heterocycles. The van der Waals surface area contributed by atoms with Gasteiger partial charge in [0.1, 0.15) is 5.52 Å². The quantitative estimate of drug-likeness (QED) is 0.400. The van der Waals surface area contributed by atoms with Crippen molar-refractivity contribution in [3.63, 3.8) is 0 Å². The number of rotatable bonds is 3. The number of aromatic nitrogens is 3. The van der Waals surface area contributed by atoms with Crippen molar-refractivity contribution in [1.82, 2.24) is 19.8 Å². The van der Waals surface area contributed by atoms with Gasteiger partial charge in [0.05, 0.1) is 11.6 Å². The molecule has 6 heteroatoms. The Hall–Kier alpha value is -4.19. The molecule has 0 spiro atoms. The van der Waals surface area contributed by atoms with Crippen LogP contribution in [-0.4, -0.2) is 32.3 Å². The number of benzene rings is 3. The summed E-state index contributed by atoms with van der Waals surface area (Å²) in [6.07, 6.45) is 3.93. The van der Waals surface area contributed by atoms with Crippen molar-refractivity contribution in [3.8, 4) is 11.3 Å². The molecular formula is C27H22N4O2. The van der Waals surface area contributed by atoms with Gasteiger partial charge in [0, 0.05) is 43.4 Å². The number of carbonyl (C=O) groups excluding carboxylic acids is 1. The monoisotopic (exact) mass is 434 g/mol. The highest BCUT2D eigenvalue weighted by Gasteiger charge is 2.30. The van der Waals surface area contributed by atoms with Crippen molar-refractivity contribution in [2.75, 3.05) is 6.54 Å².